The van der Waals surface area contributed by atoms with Crippen LogP contribution in [0.4, 0.5) is 4.39 Å². The van der Waals surface area contributed by atoms with Crippen molar-refractivity contribution in [1.82, 2.24) is 9.80 Å². The number of carboxylic acids is 1. The molecule has 1 N–H and O–H groups in total. The van der Waals surface area contributed by atoms with Crippen molar-refractivity contribution in [3.63, 3.8) is 0 Å². The first kappa shape index (κ1) is 19.7. The quantitative estimate of drug-likeness (QED) is 0.816. The Morgan fingerprint density at radius 2 is 1.96 bits per heavy atom. The van der Waals surface area contributed by atoms with Gasteiger partial charge in [-0.15, -0.1) is 0 Å². The molecule has 26 heavy (non-hydrogen) atoms. The maximum Gasteiger partial charge on any atom is 0.306 e. The van der Waals surface area contributed by atoms with Crippen molar-refractivity contribution in [2.75, 3.05) is 33.8 Å². The first-order valence-corrected chi connectivity index (χ1v) is 8.38. The highest BCUT2D eigenvalue weighted by atomic mass is 19.1. The van der Waals surface area contributed by atoms with Crippen LogP contribution in [0.15, 0.2) is 18.2 Å². The molecule has 0 spiro atoms. The summed E-state index contributed by atoms with van der Waals surface area (Å²) in [6.45, 7) is 0.638. The van der Waals surface area contributed by atoms with Crippen LogP contribution in [0, 0.1) is 11.7 Å². The number of piperidine rings is 1. The van der Waals surface area contributed by atoms with E-state index in [1.807, 2.05) is 0 Å². The molecular weight excluding hydrogens is 343 g/mol. The van der Waals surface area contributed by atoms with E-state index in [0.717, 1.165) is 0 Å². The van der Waals surface area contributed by atoms with Crippen LogP contribution in [0.3, 0.4) is 0 Å². The van der Waals surface area contributed by atoms with E-state index in [4.69, 9.17) is 9.84 Å². The second-order valence-electron chi connectivity index (χ2n) is 6.38. The zero-order valence-corrected chi connectivity index (χ0v) is 14.9. The Kier molecular flexibility index (Phi) is 6.54. The van der Waals surface area contributed by atoms with E-state index in [0.29, 0.717) is 37.2 Å². The van der Waals surface area contributed by atoms with Gasteiger partial charge >= 0.3 is 5.97 Å². The number of nitrogens with zero attached hydrogens (tertiary/aromatic N) is 2. The standard InChI is InChI=1S/C18H23FN2O5/c1-20(11-17(23)21-7-5-12(6-8-21)18(24)25)16(22)10-13-9-14(19)3-4-15(13)26-2/h3-4,9,12H,5-8,10-11H2,1-2H3,(H,24,25). The van der Waals surface area contributed by atoms with Crippen LogP contribution in [0.25, 0.3) is 0 Å². The van der Waals surface area contributed by atoms with E-state index >= 15 is 0 Å². The van der Waals surface area contributed by atoms with Gasteiger partial charge in [-0.1, -0.05) is 0 Å². The van der Waals surface area contributed by atoms with Crippen molar-refractivity contribution in [2.24, 2.45) is 5.92 Å². The minimum Gasteiger partial charge on any atom is -0.496 e. The van der Waals surface area contributed by atoms with E-state index in [2.05, 4.69) is 0 Å². The number of likely N-dealkylation sites (tertiary alicyclic amines) is 1. The number of hydrogen-bond acceptors (Lipinski definition) is 4. The zero-order valence-electron chi connectivity index (χ0n) is 14.9. The second-order valence-corrected chi connectivity index (χ2v) is 6.38. The summed E-state index contributed by atoms with van der Waals surface area (Å²) in [6, 6.07) is 3.94. The van der Waals surface area contributed by atoms with E-state index in [1.165, 1.54) is 37.3 Å². The average molecular weight is 366 g/mol. The van der Waals surface area contributed by atoms with E-state index in [-0.39, 0.29) is 24.8 Å². The molecule has 1 aromatic rings. The summed E-state index contributed by atoms with van der Waals surface area (Å²) in [5, 5.41) is 8.99. The molecule has 1 aliphatic rings. The fraction of sp³-hybridized carbons (Fsp3) is 0.500. The van der Waals surface area contributed by atoms with Gasteiger partial charge in [-0.2, -0.15) is 0 Å². The molecule has 1 aromatic carbocycles. The molecule has 1 aliphatic heterocycles. The molecule has 2 rings (SSSR count). The van der Waals surface area contributed by atoms with Gasteiger partial charge in [0, 0.05) is 25.7 Å². The first-order chi connectivity index (χ1) is 12.3. The topological polar surface area (TPSA) is 87.2 Å². The number of aliphatic carboxylic acids is 1. The second kappa shape index (κ2) is 8.64. The van der Waals surface area contributed by atoms with Gasteiger partial charge in [0.15, 0.2) is 0 Å². The van der Waals surface area contributed by atoms with Crippen molar-refractivity contribution in [2.45, 2.75) is 19.3 Å². The Balaban J connectivity index is 1.90. The monoisotopic (exact) mass is 366 g/mol. The third-order valence-corrected chi connectivity index (χ3v) is 4.58. The highest BCUT2D eigenvalue weighted by molar-refractivity contribution is 5.86. The predicted octanol–water partition coefficient (Wildman–Crippen LogP) is 1.16. The molecule has 2 amide bonds. The molecule has 8 heteroatoms. The lowest BCUT2D eigenvalue weighted by molar-refractivity contribution is -0.146. The third kappa shape index (κ3) is 4.93. The lowest BCUT2D eigenvalue weighted by atomic mass is 9.97. The molecule has 7 nitrogen and oxygen atoms in total. The number of carbonyl (C=O) groups excluding carboxylic acids is 2. The number of amides is 2. The van der Waals surface area contributed by atoms with Crippen molar-refractivity contribution in [3.05, 3.63) is 29.6 Å². The van der Waals surface area contributed by atoms with Gasteiger partial charge in [-0.25, -0.2) is 4.39 Å². The predicted molar refractivity (Wildman–Crippen MR) is 91.2 cm³/mol. The Bertz CT molecular complexity index is 686. The minimum atomic E-state index is -0.839. The summed E-state index contributed by atoms with van der Waals surface area (Å²) in [5.41, 5.74) is 0.416. The van der Waals surface area contributed by atoms with Crippen LogP contribution in [-0.2, 0) is 20.8 Å². The maximum absolute atomic E-state index is 13.4. The Hall–Kier alpha value is -2.64. The van der Waals surface area contributed by atoms with Gasteiger partial charge in [-0.05, 0) is 31.0 Å². The van der Waals surface area contributed by atoms with Crippen molar-refractivity contribution in [3.8, 4) is 5.75 Å². The molecule has 0 unspecified atom stereocenters. The summed E-state index contributed by atoms with van der Waals surface area (Å²) in [4.78, 5) is 38.5. The van der Waals surface area contributed by atoms with Crippen molar-refractivity contribution < 1.29 is 28.6 Å². The number of carbonyl (C=O) groups is 3. The maximum atomic E-state index is 13.4. The largest absolute Gasteiger partial charge is 0.496 e. The highest BCUT2D eigenvalue weighted by Gasteiger charge is 2.28. The smallest absolute Gasteiger partial charge is 0.306 e. The highest BCUT2D eigenvalue weighted by Crippen LogP contribution is 2.21. The van der Waals surface area contributed by atoms with E-state index < -0.39 is 17.7 Å². The number of rotatable bonds is 6. The van der Waals surface area contributed by atoms with Gasteiger partial charge in [0.2, 0.25) is 11.8 Å². The lowest BCUT2D eigenvalue weighted by Crippen LogP contribution is -2.45. The zero-order chi connectivity index (χ0) is 19.3. The number of carboxylic acid groups (broad SMARTS) is 1. The Morgan fingerprint density at radius 3 is 2.54 bits per heavy atom. The molecule has 0 atom stereocenters. The average Bonchev–Trinajstić information content (AvgIpc) is 2.61. The molecule has 0 saturated carbocycles. The summed E-state index contributed by atoms with van der Waals surface area (Å²) >= 11 is 0. The van der Waals surface area contributed by atoms with Gasteiger partial charge in [0.25, 0.3) is 0 Å². The number of hydrogen-bond donors (Lipinski definition) is 1. The Labute approximate surface area is 151 Å². The van der Waals surface area contributed by atoms with E-state index in [1.54, 1.807) is 4.90 Å². The normalized spacial score (nSPS) is 14.8. The fourth-order valence-corrected chi connectivity index (χ4v) is 2.95. The van der Waals surface area contributed by atoms with Crippen LogP contribution in [0.1, 0.15) is 18.4 Å². The number of halogens is 1. The molecule has 0 aliphatic carbocycles. The van der Waals surface area contributed by atoms with Crippen LogP contribution < -0.4 is 4.74 Å². The minimum absolute atomic E-state index is 0.0776. The molecule has 1 saturated heterocycles. The van der Waals surface area contributed by atoms with Gasteiger partial charge in [0.1, 0.15) is 11.6 Å². The molecule has 1 heterocycles. The number of benzene rings is 1. The lowest BCUT2D eigenvalue weighted by Gasteiger charge is -2.31. The van der Waals surface area contributed by atoms with Crippen molar-refractivity contribution >= 4 is 17.8 Å². The molecular formula is C18H23FN2O5. The van der Waals surface area contributed by atoms with Gasteiger partial charge < -0.3 is 19.6 Å². The fourth-order valence-electron chi connectivity index (χ4n) is 2.95. The molecule has 0 bridgehead atoms. The third-order valence-electron chi connectivity index (χ3n) is 4.58. The summed E-state index contributed by atoms with van der Waals surface area (Å²) < 4.78 is 18.5. The number of ether oxygens (including phenoxy) is 1. The van der Waals surface area contributed by atoms with Gasteiger partial charge in [0.05, 0.1) is 26.0 Å². The molecule has 142 valence electrons. The van der Waals surface area contributed by atoms with E-state index in [9.17, 15) is 18.8 Å². The Morgan fingerprint density at radius 1 is 1.31 bits per heavy atom. The van der Waals surface area contributed by atoms with Crippen LogP contribution in [0.2, 0.25) is 0 Å². The van der Waals surface area contributed by atoms with Crippen molar-refractivity contribution in [1.29, 1.82) is 0 Å². The SMILES string of the molecule is COc1ccc(F)cc1CC(=O)N(C)CC(=O)N1CCC(C(=O)O)CC1. The molecule has 0 radical (unpaired) electrons. The summed E-state index contributed by atoms with van der Waals surface area (Å²) in [6.07, 6.45) is 0.754. The molecule has 1 fully saturated rings. The van der Waals surface area contributed by atoms with Crippen LogP contribution in [-0.4, -0.2) is 66.5 Å². The van der Waals surface area contributed by atoms with Crippen LogP contribution in [0.5, 0.6) is 5.75 Å². The summed E-state index contributed by atoms with van der Waals surface area (Å²) in [5.74, 6) is -1.87. The van der Waals surface area contributed by atoms with Crippen LogP contribution >= 0.6 is 0 Å². The molecule has 0 aromatic heterocycles. The summed E-state index contributed by atoms with van der Waals surface area (Å²) in [7, 11) is 2.95. The number of likely N-dealkylation sites (N-methyl/N-ethyl adjacent to an activating group) is 1. The van der Waals surface area contributed by atoms with Gasteiger partial charge in [-0.3, -0.25) is 14.4 Å². The first-order valence-electron chi connectivity index (χ1n) is 8.38. The number of methoxy groups -OCH3 is 1.